The van der Waals surface area contributed by atoms with E-state index < -0.39 is 0 Å². The van der Waals surface area contributed by atoms with E-state index in [1.807, 2.05) is 30.6 Å². The van der Waals surface area contributed by atoms with E-state index in [4.69, 9.17) is 9.97 Å². The van der Waals surface area contributed by atoms with Crippen LogP contribution in [0.15, 0.2) is 170 Å². The van der Waals surface area contributed by atoms with Gasteiger partial charge in [0.1, 0.15) is 0 Å². The van der Waals surface area contributed by atoms with Crippen molar-refractivity contribution in [3.05, 3.63) is 170 Å². The number of aromatic nitrogens is 2. The van der Waals surface area contributed by atoms with Gasteiger partial charge in [-0.05, 0) is 73.1 Å². The molecule has 0 saturated heterocycles. The summed E-state index contributed by atoms with van der Waals surface area (Å²) in [6, 6.07) is 56.5. The van der Waals surface area contributed by atoms with E-state index in [2.05, 4.69) is 140 Å². The Bertz CT molecular complexity index is 2510. The van der Waals surface area contributed by atoms with Crippen molar-refractivity contribution >= 4 is 43.4 Å². The molecule has 46 heavy (non-hydrogen) atoms. The Hall–Kier alpha value is -6.12. The first kappa shape index (κ1) is 26.3. The lowest BCUT2D eigenvalue weighted by atomic mass is 9.85. The van der Waals surface area contributed by atoms with E-state index in [9.17, 15) is 0 Å². The number of para-hydroxylation sites is 1. The summed E-state index contributed by atoms with van der Waals surface area (Å²) in [5, 5.41) is 7.31. The molecule has 9 rings (SSSR count). The van der Waals surface area contributed by atoms with Crippen molar-refractivity contribution in [2.24, 2.45) is 0 Å². The highest BCUT2D eigenvalue weighted by Gasteiger charge is 2.17. The fourth-order valence-electron chi connectivity index (χ4n) is 7.05. The van der Waals surface area contributed by atoms with Gasteiger partial charge in [0.2, 0.25) is 0 Å². The summed E-state index contributed by atoms with van der Waals surface area (Å²) in [5.74, 6) is 0. The van der Waals surface area contributed by atoms with Gasteiger partial charge in [0, 0.05) is 34.3 Å². The largest absolute Gasteiger partial charge is 0.256 e. The van der Waals surface area contributed by atoms with E-state index in [1.165, 1.54) is 54.9 Å². The molecule has 2 heteroatoms. The minimum atomic E-state index is 0.981. The monoisotopic (exact) mass is 584 g/mol. The Morgan fingerprint density at radius 1 is 0.348 bits per heavy atom. The quantitative estimate of drug-likeness (QED) is 0.192. The molecule has 2 heterocycles. The van der Waals surface area contributed by atoms with E-state index in [0.717, 1.165) is 32.9 Å². The molecule has 0 unspecified atom stereocenters. The van der Waals surface area contributed by atoms with Crippen LogP contribution < -0.4 is 0 Å². The van der Waals surface area contributed by atoms with Gasteiger partial charge in [-0.3, -0.25) is 9.97 Å². The van der Waals surface area contributed by atoms with Gasteiger partial charge in [-0.25, -0.2) is 0 Å². The molecule has 0 amide bonds. The van der Waals surface area contributed by atoms with Gasteiger partial charge in [0.25, 0.3) is 0 Å². The van der Waals surface area contributed by atoms with Gasteiger partial charge in [-0.1, -0.05) is 140 Å². The van der Waals surface area contributed by atoms with Crippen LogP contribution in [0.2, 0.25) is 0 Å². The first-order valence-electron chi connectivity index (χ1n) is 15.7. The molecule has 0 saturated carbocycles. The fourth-order valence-corrected chi connectivity index (χ4v) is 7.05. The molecule has 0 N–H and O–H groups in total. The molecule has 214 valence electrons. The third-order valence-electron chi connectivity index (χ3n) is 9.15. The number of benzene rings is 7. The molecule has 2 aromatic heterocycles. The molecule has 0 bridgehead atoms. The predicted octanol–water partition coefficient (Wildman–Crippen LogP) is 11.8. The van der Waals surface area contributed by atoms with Crippen molar-refractivity contribution in [3.63, 3.8) is 0 Å². The van der Waals surface area contributed by atoms with E-state index in [0.29, 0.717) is 0 Å². The van der Waals surface area contributed by atoms with Crippen molar-refractivity contribution in [1.29, 1.82) is 0 Å². The molecule has 0 radical (unpaired) electrons. The molecule has 0 atom stereocenters. The van der Waals surface area contributed by atoms with Gasteiger partial charge >= 0.3 is 0 Å². The summed E-state index contributed by atoms with van der Waals surface area (Å²) in [4.78, 5) is 9.58. The zero-order chi connectivity index (χ0) is 30.5. The second kappa shape index (κ2) is 10.8. The normalized spacial score (nSPS) is 11.5. The third kappa shape index (κ3) is 4.27. The SMILES string of the molecule is c1ccc(-c2c3ccccc3c(-c3ccc(-c4ccc(-c5cnc6ccccc6c5)c5ncccc45)cc3)c3ccccc23)cc1. The molecule has 0 aliphatic heterocycles. The van der Waals surface area contributed by atoms with Crippen LogP contribution in [0.25, 0.3) is 87.9 Å². The molecule has 7 aromatic carbocycles. The second-order valence-corrected chi connectivity index (χ2v) is 11.8. The van der Waals surface area contributed by atoms with Crippen LogP contribution in [-0.2, 0) is 0 Å². The van der Waals surface area contributed by atoms with Crippen molar-refractivity contribution < 1.29 is 0 Å². The molecule has 0 aliphatic carbocycles. The van der Waals surface area contributed by atoms with Gasteiger partial charge in [0.05, 0.1) is 11.0 Å². The minimum Gasteiger partial charge on any atom is -0.256 e. The predicted molar refractivity (Wildman–Crippen MR) is 194 cm³/mol. The van der Waals surface area contributed by atoms with Crippen LogP contribution in [0.4, 0.5) is 0 Å². The van der Waals surface area contributed by atoms with E-state index in [1.54, 1.807) is 0 Å². The maximum Gasteiger partial charge on any atom is 0.0787 e. The Morgan fingerprint density at radius 2 is 0.891 bits per heavy atom. The lowest BCUT2D eigenvalue weighted by Gasteiger charge is -2.18. The second-order valence-electron chi connectivity index (χ2n) is 11.8. The lowest BCUT2D eigenvalue weighted by Crippen LogP contribution is -1.91. The van der Waals surface area contributed by atoms with Crippen molar-refractivity contribution in [2.75, 3.05) is 0 Å². The summed E-state index contributed by atoms with van der Waals surface area (Å²) >= 11 is 0. The zero-order valence-corrected chi connectivity index (χ0v) is 25.1. The average molecular weight is 585 g/mol. The maximum atomic E-state index is 4.86. The molecule has 0 spiro atoms. The average Bonchev–Trinajstić information content (AvgIpc) is 3.13. The minimum absolute atomic E-state index is 0.981. The van der Waals surface area contributed by atoms with Crippen molar-refractivity contribution in [1.82, 2.24) is 9.97 Å². The van der Waals surface area contributed by atoms with E-state index >= 15 is 0 Å². The molecule has 0 fully saturated rings. The summed E-state index contributed by atoms with van der Waals surface area (Å²) in [7, 11) is 0. The molecular weight excluding hydrogens is 556 g/mol. The van der Waals surface area contributed by atoms with Crippen LogP contribution in [-0.4, -0.2) is 9.97 Å². The number of nitrogens with zero attached hydrogens (tertiary/aromatic N) is 2. The lowest BCUT2D eigenvalue weighted by molar-refractivity contribution is 1.39. The number of pyridine rings is 2. The topological polar surface area (TPSA) is 25.8 Å². The zero-order valence-electron chi connectivity index (χ0n) is 25.1. The number of rotatable bonds is 4. The van der Waals surface area contributed by atoms with Gasteiger partial charge < -0.3 is 0 Å². The molecule has 2 nitrogen and oxygen atoms in total. The van der Waals surface area contributed by atoms with Crippen LogP contribution >= 0.6 is 0 Å². The first-order chi connectivity index (χ1) is 22.8. The number of fused-ring (bicyclic) bond motifs is 4. The van der Waals surface area contributed by atoms with Crippen LogP contribution in [0.1, 0.15) is 0 Å². The Morgan fingerprint density at radius 3 is 1.59 bits per heavy atom. The maximum absolute atomic E-state index is 4.86. The van der Waals surface area contributed by atoms with E-state index in [-0.39, 0.29) is 0 Å². The van der Waals surface area contributed by atoms with Crippen LogP contribution in [0, 0.1) is 0 Å². The Labute approximate surface area is 267 Å². The third-order valence-corrected chi connectivity index (χ3v) is 9.15. The summed E-state index contributed by atoms with van der Waals surface area (Å²) in [5.41, 5.74) is 11.5. The number of hydrogen-bond acceptors (Lipinski definition) is 2. The first-order valence-corrected chi connectivity index (χ1v) is 15.7. The summed E-state index contributed by atoms with van der Waals surface area (Å²) in [6.07, 6.45) is 3.83. The van der Waals surface area contributed by atoms with Gasteiger partial charge in [0.15, 0.2) is 0 Å². The highest BCUT2D eigenvalue weighted by molar-refractivity contribution is 6.21. The Balaban J connectivity index is 1.19. The standard InChI is InChI=1S/C44H28N2/c1-2-11-30(12-3-1)42-36-14-5-7-16-38(36)43(39-17-8-6-15-37(39)42)31-22-20-29(21-23-31)34-24-25-35(44-40(34)18-10-26-45-44)33-27-32-13-4-9-19-41(32)46-28-33/h1-28H. The van der Waals surface area contributed by atoms with Crippen molar-refractivity contribution in [3.8, 4) is 44.5 Å². The van der Waals surface area contributed by atoms with Crippen LogP contribution in [0.5, 0.6) is 0 Å². The van der Waals surface area contributed by atoms with Crippen molar-refractivity contribution in [2.45, 2.75) is 0 Å². The molecular formula is C44H28N2. The fraction of sp³-hybridized carbons (Fsp3) is 0. The van der Waals surface area contributed by atoms with Gasteiger partial charge in [-0.15, -0.1) is 0 Å². The van der Waals surface area contributed by atoms with Gasteiger partial charge in [-0.2, -0.15) is 0 Å². The number of hydrogen-bond donors (Lipinski definition) is 0. The Kier molecular flexibility index (Phi) is 6.17. The smallest absolute Gasteiger partial charge is 0.0787 e. The molecule has 9 aromatic rings. The highest BCUT2D eigenvalue weighted by atomic mass is 14.7. The van der Waals surface area contributed by atoms with Crippen LogP contribution in [0.3, 0.4) is 0 Å². The molecule has 0 aliphatic rings. The summed E-state index contributed by atoms with van der Waals surface area (Å²) in [6.45, 7) is 0. The highest BCUT2D eigenvalue weighted by Crippen LogP contribution is 2.44. The summed E-state index contributed by atoms with van der Waals surface area (Å²) < 4.78 is 0.